The van der Waals surface area contributed by atoms with Crippen LogP contribution in [0.25, 0.3) is 6.08 Å². The number of pyridine rings is 1. The van der Waals surface area contributed by atoms with Crippen LogP contribution >= 0.6 is 0 Å². The van der Waals surface area contributed by atoms with Gasteiger partial charge in [-0.3, -0.25) is 4.98 Å². The summed E-state index contributed by atoms with van der Waals surface area (Å²) in [5.74, 6) is 0. The zero-order valence-corrected chi connectivity index (χ0v) is 10.0. The standard InChI is InChI=1S/C15H16N2/c1-3-13-4-6-14(7-5-13)12-17(2)15-8-10-16-11-9-15/h3-11H,1,12H2,2H3. The minimum absolute atomic E-state index is 0.890. The molecule has 2 nitrogen and oxygen atoms in total. The first-order valence-corrected chi connectivity index (χ1v) is 5.62. The summed E-state index contributed by atoms with van der Waals surface area (Å²) in [6.45, 7) is 4.64. The summed E-state index contributed by atoms with van der Waals surface area (Å²) in [6.07, 6.45) is 5.48. The van der Waals surface area contributed by atoms with Gasteiger partial charge in [0.25, 0.3) is 0 Å². The van der Waals surface area contributed by atoms with E-state index < -0.39 is 0 Å². The maximum atomic E-state index is 4.02. The molecule has 0 aliphatic heterocycles. The average Bonchev–Trinajstić information content (AvgIpc) is 2.40. The van der Waals surface area contributed by atoms with Crippen LogP contribution in [0.15, 0.2) is 55.4 Å². The lowest BCUT2D eigenvalue weighted by Gasteiger charge is -2.19. The monoisotopic (exact) mass is 224 g/mol. The van der Waals surface area contributed by atoms with Crippen LogP contribution in [0.4, 0.5) is 5.69 Å². The van der Waals surface area contributed by atoms with Gasteiger partial charge in [-0.15, -0.1) is 0 Å². The van der Waals surface area contributed by atoms with Crippen LogP contribution in [0.5, 0.6) is 0 Å². The molecule has 1 aromatic carbocycles. The van der Waals surface area contributed by atoms with Crippen molar-refractivity contribution < 1.29 is 0 Å². The van der Waals surface area contributed by atoms with Gasteiger partial charge < -0.3 is 4.90 Å². The summed E-state index contributed by atoms with van der Waals surface area (Å²) >= 11 is 0. The molecule has 2 rings (SSSR count). The molecule has 0 fully saturated rings. The third-order valence-electron chi connectivity index (χ3n) is 2.74. The summed E-state index contributed by atoms with van der Waals surface area (Å²) in [5.41, 5.74) is 3.61. The average molecular weight is 224 g/mol. The van der Waals surface area contributed by atoms with E-state index in [0.29, 0.717) is 0 Å². The fraction of sp³-hybridized carbons (Fsp3) is 0.133. The lowest BCUT2D eigenvalue weighted by atomic mass is 10.1. The number of hydrogen-bond donors (Lipinski definition) is 0. The van der Waals surface area contributed by atoms with Crippen molar-refractivity contribution in [1.29, 1.82) is 0 Å². The molecule has 0 N–H and O–H groups in total. The highest BCUT2D eigenvalue weighted by Crippen LogP contribution is 2.14. The largest absolute Gasteiger partial charge is 0.370 e. The lowest BCUT2D eigenvalue weighted by molar-refractivity contribution is 0.921. The Morgan fingerprint density at radius 3 is 2.35 bits per heavy atom. The molecule has 2 aromatic rings. The third kappa shape index (κ3) is 2.94. The molecular weight excluding hydrogens is 208 g/mol. The number of benzene rings is 1. The van der Waals surface area contributed by atoms with Gasteiger partial charge in [-0.2, -0.15) is 0 Å². The van der Waals surface area contributed by atoms with Crippen LogP contribution < -0.4 is 4.90 Å². The zero-order chi connectivity index (χ0) is 12.1. The number of rotatable bonds is 4. The topological polar surface area (TPSA) is 16.1 Å². The molecule has 0 spiro atoms. The van der Waals surface area contributed by atoms with Crippen molar-refractivity contribution in [2.75, 3.05) is 11.9 Å². The second-order valence-electron chi connectivity index (χ2n) is 4.01. The van der Waals surface area contributed by atoms with E-state index in [1.165, 1.54) is 11.3 Å². The van der Waals surface area contributed by atoms with Gasteiger partial charge in [0.05, 0.1) is 0 Å². The highest BCUT2D eigenvalue weighted by Gasteiger charge is 2.01. The molecule has 1 heterocycles. The Bertz CT molecular complexity index is 474. The number of hydrogen-bond acceptors (Lipinski definition) is 2. The second kappa shape index (κ2) is 5.30. The Morgan fingerprint density at radius 2 is 1.76 bits per heavy atom. The quantitative estimate of drug-likeness (QED) is 0.791. The van der Waals surface area contributed by atoms with Gasteiger partial charge in [-0.1, -0.05) is 36.9 Å². The molecule has 0 radical (unpaired) electrons. The maximum absolute atomic E-state index is 4.02. The predicted molar refractivity (Wildman–Crippen MR) is 72.9 cm³/mol. The minimum Gasteiger partial charge on any atom is -0.370 e. The van der Waals surface area contributed by atoms with E-state index in [1.807, 2.05) is 30.6 Å². The molecule has 0 amide bonds. The van der Waals surface area contributed by atoms with Crippen molar-refractivity contribution in [2.45, 2.75) is 6.54 Å². The highest BCUT2D eigenvalue weighted by atomic mass is 15.1. The first kappa shape index (κ1) is 11.4. The lowest BCUT2D eigenvalue weighted by Crippen LogP contribution is -2.16. The Hall–Kier alpha value is -2.09. The smallest absolute Gasteiger partial charge is 0.0426 e. The van der Waals surface area contributed by atoms with Crippen LogP contribution in [-0.2, 0) is 6.54 Å². The molecule has 0 unspecified atom stereocenters. The first-order chi connectivity index (χ1) is 8.29. The molecule has 0 aliphatic carbocycles. The summed E-state index contributed by atoms with van der Waals surface area (Å²) in [6, 6.07) is 12.5. The minimum atomic E-state index is 0.890. The molecule has 0 saturated heterocycles. The van der Waals surface area contributed by atoms with Crippen LogP contribution in [0, 0.1) is 0 Å². The van der Waals surface area contributed by atoms with Gasteiger partial charge in [0.2, 0.25) is 0 Å². The third-order valence-corrected chi connectivity index (χ3v) is 2.74. The van der Waals surface area contributed by atoms with Crippen LogP contribution in [0.2, 0.25) is 0 Å². The summed E-state index contributed by atoms with van der Waals surface area (Å²) in [4.78, 5) is 6.22. The van der Waals surface area contributed by atoms with Gasteiger partial charge in [0.15, 0.2) is 0 Å². The van der Waals surface area contributed by atoms with Gasteiger partial charge in [0, 0.05) is 31.7 Å². The summed E-state index contributed by atoms with van der Waals surface area (Å²) in [7, 11) is 2.08. The Morgan fingerprint density at radius 1 is 1.12 bits per heavy atom. The van der Waals surface area contributed by atoms with E-state index >= 15 is 0 Å². The fourth-order valence-corrected chi connectivity index (χ4v) is 1.72. The number of aromatic nitrogens is 1. The molecule has 0 bridgehead atoms. The van der Waals surface area contributed by atoms with E-state index in [2.05, 4.69) is 47.8 Å². The molecule has 86 valence electrons. The SMILES string of the molecule is C=Cc1ccc(CN(C)c2ccncc2)cc1. The van der Waals surface area contributed by atoms with Gasteiger partial charge in [-0.05, 0) is 23.3 Å². The first-order valence-electron chi connectivity index (χ1n) is 5.62. The van der Waals surface area contributed by atoms with Crippen molar-refractivity contribution in [3.8, 4) is 0 Å². The summed E-state index contributed by atoms with van der Waals surface area (Å²) < 4.78 is 0. The zero-order valence-electron chi connectivity index (χ0n) is 10.0. The van der Waals surface area contributed by atoms with Crippen molar-refractivity contribution >= 4 is 11.8 Å². The maximum Gasteiger partial charge on any atom is 0.0426 e. The second-order valence-corrected chi connectivity index (χ2v) is 4.01. The molecule has 2 heteroatoms. The number of anilines is 1. The Balaban J connectivity index is 2.07. The van der Waals surface area contributed by atoms with Gasteiger partial charge >= 0.3 is 0 Å². The van der Waals surface area contributed by atoms with E-state index in [0.717, 1.165) is 12.1 Å². The van der Waals surface area contributed by atoms with Gasteiger partial charge in [0.1, 0.15) is 0 Å². The van der Waals surface area contributed by atoms with Crippen molar-refractivity contribution in [2.24, 2.45) is 0 Å². The highest BCUT2D eigenvalue weighted by molar-refractivity contribution is 5.48. The molecule has 0 atom stereocenters. The Labute approximate surface area is 102 Å². The molecule has 0 aliphatic rings. The molecule has 0 saturated carbocycles. The van der Waals surface area contributed by atoms with Crippen LogP contribution in [0.3, 0.4) is 0 Å². The fourth-order valence-electron chi connectivity index (χ4n) is 1.72. The predicted octanol–water partition coefficient (Wildman–Crippen LogP) is 3.36. The molecule has 1 aromatic heterocycles. The Kier molecular flexibility index (Phi) is 3.55. The van der Waals surface area contributed by atoms with Crippen LogP contribution in [-0.4, -0.2) is 12.0 Å². The van der Waals surface area contributed by atoms with Gasteiger partial charge in [-0.25, -0.2) is 0 Å². The van der Waals surface area contributed by atoms with Crippen molar-refractivity contribution in [3.05, 3.63) is 66.5 Å². The normalized spacial score (nSPS) is 9.94. The van der Waals surface area contributed by atoms with E-state index in [9.17, 15) is 0 Å². The molecular formula is C15H16N2. The van der Waals surface area contributed by atoms with E-state index in [-0.39, 0.29) is 0 Å². The number of nitrogens with zero attached hydrogens (tertiary/aromatic N) is 2. The van der Waals surface area contributed by atoms with Crippen LogP contribution in [0.1, 0.15) is 11.1 Å². The van der Waals surface area contributed by atoms with Crippen molar-refractivity contribution in [3.63, 3.8) is 0 Å². The van der Waals surface area contributed by atoms with E-state index in [4.69, 9.17) is 0 Å². The molecule has 17 heavy (non-hydrogen) atoms. The van der Waals surface area contributed by atoms with Crippen molar-refractivity contribution in [1.82, 2.24) is 4.98 Å². The van der Waals surface area contributed by atoms with E-state index in [1.54, 1.807) is 0 Å². The summed E-state index contributed by atoms with van der Waals surface area (Å²) in [5, 5.41) is 0.